The molecule has 6 nitrogen and oxygen atoms in total. The number of alkyl halides is 3. The van der Waals surface area contributed by atoms with Crippen LogP contribution in [0.2, 0.25) is 0 Å². The minimum absolute atomic E-state index is 0.0359. The maximum atomic E-state index is 13.5. The van der Waals surface area contributed by atoms with E-state index < -0.39 is 17.6 Å². The minimum Gasteiger partial charge on any atom is -0.508 e. The summed E-state index contributed by atoms with van der Waals surface area (Å²) in [4.78, 5) is 0. The summed E-state index contributed by atoms with van der Waals surface area (Å²) in [6.45, 7) is 3.25. The first-order valence-corrected chi connectivity index (χ1v) is 8.09. The molecule has 0 saturated carbocycles. The predicted octanol–water partition coefficient (Wildman–Crippen LogP) is 4.44. The molecule has 9 heteroatoms. The minimum atomic E-state index is -4.66. The molecule has 0 spiro atoms. The number of aryl methyl sites for hydroxylation is 2. The highest BCUT2D eigenvalue weighted by Gasteiger charge is 2.34. The standard InChI is InChI=1S/C19H16F3N3O3/c1-9-16(10(2)28-25-9)17-14(11-3-5-13(26)6-4-11)7-12(19(20,21)22)8-15(17)18(23)24-27/h3-8,26-27H,1-2H3,(H2,23,24). The van der Waals surface area contributed by atoms with Gasteiger partial charge in [-0.05, 0) is 49.2 Å². The van der Waals surface area contributed by atoms with E-state index in [1.807, 2.05) is 0 Å². The van der Waals surface area contributed by atoms with Crippen LogP contribution in [0, 0.1) is 13.8 Å². The molecule has 0 fully saturated rings. The topological polar surface area (TPSA) is 105 Å². The van der Waals surface area contributed by atoms with Crippen LogP contribution in [-0.4, -0.2) is 21.3 Å². The molecule has 146 valence electrons. The van der Waals surface area contributed by atoms with Crippen molar-refractivity contribution >= 4 is 5.84 Å². The summed E-state index contributed by atoms with van der Waals surface area (Å²) >= 11 is 0. The molecule has 1 aromatic heterocycles. The van der Waals surface area contributed by atoms with Crippen molar-refractivity contribution in [2.24, 2.45) is 10.9 Å². The molecular weight excluding hydrogens is 375 g/mol. The van der Waals surface area contributed by atoms with Gasteiger partial charge in [-0.25, -0.2) is 0 Å². The van der Waals surface area contributed by atoms with Gasteiger partial charge in [-0.3, -0.25) is 0 Å². The van der Waals surface area contributed by atoms with Crippen LogP contribution in [-0.2, 0) is 6.18 Å². The van der Waals surface area contributed by atoms with Gasteiger partial charge in [0.25, 0.3) is 0 Å². The first-order chi connectivity index (χ1) is 13.1. The number of hydrogen-bond acceptors (Lipinski definition) is 5. The summed E-state index contributed by atoms with van der Waals surface area (Å²) in [7, 11) is 0. The predicted molar refractivity (Wildman–Crippen MR) is 96.0 cm³/mol. The molecule has 0 radical (unpaired) electrons. The van der Waals surface area contributed by atoms with Gasteiger partial charge in [0.05, 0.1) is 11.3 Å². The number of hydrogen-bond donors (Lipinski definition) is 3. The largest absolute Gasteiger partial charge is 0.508 e. The molecule has 0 saturated heterocycles. The molecule has 0 bridgehead atoms. The van der Waals surface area contributed by atoms with E-state index in [2.05, 4.69) is 10.3 Å². The molecule has 0 aliphatic rings. The number of amidine groups is 1. The lowest BCUT2D eigenvalue weighted by molar-refractivity contribution is -0.137. The molecule has 0 unspecified atom stereocenters. The van der Waals surface area contributed by atoms with Crippen LogP contribution in [0.1, 0.15) is 22.6 Å². The summed E-state index contributed by atoms with van der Waals surface area (Å²) in [5.74, 6) is -0.156. The second-order valence-electron chi connectivity index (χ2n) is 6.18. The normalized spacial score (nSPS) is 12.4. The van der Waals surface area contributed by atoms with E-state index >= 15 is 0 Å². The zero-order chi connectivity index (χ0) is 20.6. The van der Waals surface area contributed by atoms with Gasteiger partial charge in [0.15, 0.2) is 5.84 Å². The fourth-order valence-electron chi connectivity index (χ4n) is 3.04. The van der Waals surface area contributed by atoms with Crippen molar-refractivity contribution in [2.45, 2.75) is 20.0 Å². The average Bonchev–Trinajstić information content (AvgIpc) is 2.98. The van der Waals surface area contributed by atoms with E-state index in [4.69, 9.17) is 15.5 Å². The molecule has 1 heterocycles. The van der Waals surface area contributed by atoms with Crippen LogP contribution in [0.4, 0.5) is 13.2 Å². The zero-order valence-electron chi connectivity index (χ0n) is 14.9. The van der Waals surface area contributed by atoms with E-state index in [0.29, 0.717) is 22.6 Å². The van der Waals surface area contributed by atoms with Gasteiger partial charge in [-0.2, -0.15) is 13.2 Å². The monoisotopic (exact) mass is 391 g/mol. The first kappa shape index (κ1) is 19.3. The van der Waals surface area contributed by atoms with Crippen molar-refractivity contribution in [3.05, 3.63) is 59.0 Å². The maximum absolute atomic E-state index is 13.5. The Morgan fingerprint density at radius 1 is 1.11 bits per heavy atom. The van der Waals surface area contributed by atoms with Crippen molar-refractivity contribution in [2.75, 3.05) is 0 Å². The van der Waals surface area contributed by atoms with Crippen LogP contribution < -0.4 is 5.73 Å². The van der Waals surface area contributed by atoms with Gasteiger partial charge in [0.1, 0.15) is 11.5 Å². The summed E-state index contributed by atoms with van der Waals surface area (Å²) < 4.78 is 45.7. The highest BCUT2D eigenvalue weighted by molar-refractivity contribution is 6.07. The lowest BCUT2D eigenvalue weighted by Crippen LogP contribution is -2.17. The van der Waals surface area contributed by atoms with Crippen molar-refractivity contribution in [3.63, 3.8) is 0 Å². The molecule has 28 heavy (non-hydrogen) atoms. The van der Waals surface area contributed by atoms with Gasteiger partial charge in [0, 0.05) is 16.7 Å². The summed E-state index contributed by atoms with van der Waals surface area (Å²) in [6.07, 6.45) is -4.66. The number of rotatable bonds is 3. The number of nitrogens with zero attached hydrogens (tertiary/aromatic N) is 2. The van der Waals surface area contributed by atoms with Crippen molar-refractivity contribution in [3.8, 4) is 28.0 Å². The summed E-state index contributed by atoms with van der Waals surface area (Å²) in [5.41, 5.74) is 6.37. The second-order valence-corrected chi connectivity index (χ2v) is 6.18. The Morgan fingerprint density at radius 2 is 1.75 bits per heavy atom. The van der Waals surface area contributed by atoms with E-state index in [9.17, 15) is 18.3 Å². The number of halogens is 3. The lowest BCUT2D eigenvalue weighted by atomic mass is 9.87. The molecule has 3 aromatic rings. The van der Waals surface area contributed by atoms with E-state index in [1.54, 1.807) is 13.8 Å². The Labute approximate surface area is 157 Å². The van der Waals surface area contributed by atoms with E-state index in [0.717, 1.165) is 12.1 Å². The average molecular weight is 391 g/mol. The van der Waals surface area contributed by atoms with Crippen LogP contribution in [0.3, 0.4) is 0 Å². The number of aromatic nitrogens is 1. The molecule has 0 atom stereocenters. The third kappa shape index (κ3) is 3.38. The smallest absolute Gasteiger partial charge is 0.416 e. The van der Waals surface area contributed by atoms with Gasteiger partial charge >= 0.3 is 6.18 Å². The van der Waals surface area contributed by atoms with E-state index in [1.165, 1.54) is 24.3 Å². The summed E-state index contributed by atoms with van der Waals surface area (Å²) in [5, 5.41) is 25.4. The number of benzene rings is 2. The molecule has 0 aliphatic carbocycles. The molecular formula is C19H16F3N3O3. The fraction of sp³-hybridized carbons (Fsp3) is 0.158. The Kier molecular flexibility index (Phi) is 4.76. The van der Waals surface area contributed by atoms with Gasteiger partial charge in [0.2, 0.25) is 0 Å². The van der Waals surface area contributed by atoms with Crippen molar-refractivity contribution in [1.29, 1.82) is 0 Å². The fourth-order valence-corrected chi connectivity index (χ4v) is 3.04. The highest BCUT2D eigenvalue weighted by Crippen LogP contribution is 2.42. The van der Waals surface area contributed by atoms with Gasteiger partial charge in [-0.15, -0.1) is 0 Å². The van der Waals surface area contributed by atoms with Gasteiger partial charge < -0.3 is 20.6 Å². The molecule has 0 aliphatic heterocycles. The lowest BCUT2D eigenvalue weighted by Gasteiger charge is -2.18. The van der Waals surface area contributed by atoms with Gasteiger partial charge in [-0.1, -0.05) is 22.4 Å². The van der Waals surface area contributed by atoms with Crippen LogP contribution in [0.5, 0.6) is 5.75 Å². The first-order valence-electron chi connectivity index (χ1n) is 8.09. The maximum Gasteiger partial charge on any atom is 0.416 e. The summed E-state index contributed by atoms with van der Waals surface area (Å²) in [6, 6.07) is 7.46. The number of aromatic hydroxyl groups is 1. The number of phenols is 1. The quantitative estimate of drug-likeness (QED) is 0.265. The molecule has 0 amide bonds. The highest BCUT2D eigenvalue weighted by atomic mass is 19.4. The molecule has 4 N–H and O–H groups in total. The van der Waals surface area contributed by atoms with Crippen LogP contribution in [0.15, 0.2) is 46.1 Å². The second kappa shape index (κ2) is 6.91. The van der Waals surface area contributed by atoms with Crippen molar-refractivity contribution < 1.29 is 28.0 Å². The Bertz CT molecular complexity index is 1040. The number of phenolic OH excluding ortho intramolecular Hbond substituents is 1. The van der Waals surface area contributed by atoms with Crippen molar-refractivity contribution in [1.82, 2.24) is 5.16 Å². The SMILES string of the molecule is Cc1noc(C)c1-c1c(/C(N)=N/O)cc(C(F)(F)F)cc1-c1ccc(O)cc1. The third-order valence-electron chi connectivity index (χ3n) is 4.31. The molecule has 2 aromatic carbocycles. The van der Waals surface area contributed by atoms with Crippen LogP contribution in [0.25, 0.3) is 22.3 Å². The van der Waals surface area contributed by atoms with Crippen LogP contribution >= 0.6 is 0 Å². The Hall–Kier alpha value is -3.49. The third-order valence-corrected chi connectivity index (χ3v) is 4.31. The Morgan fingerprint density at radius 3 is 2.25 bits per heavy atom. The number of nitrogens with two attached hydrogens (primary N) is 1. The van der Waals surface area contributed by atoms with E-state index in [-0.39, 0.29) is 22.4 Å². The Balaban J connectivity index is 2.48. The number of oxime groups is 1. The zero-order valence-corrected chi connectivity index (χ0v) is 14.9. The molecule has 3 rings (SSSR count).